The predicted octanol–water partition coefficient (Wildman–Crippen LogP) is 2.92. The van der Waals surface area contributed by atoms with Gasteiger partial charge in [-0.1, -0.05) is 12.1 Å². The van der Waals surface area contributed by atoms with Crippen molar-refractivity contribution < 1.29 is 8.42 Å². The predicted molar refractivity (Wildman–Crippen MR) is 121 cm³/mol. The lowest BCUT2D eigenvalue weighted by Crippen LogP contribution is -2.35. The molecule has 9 nitrogen and oxygen atoms in total. The van der Waals surface area contributed by atoms with Crippen LogP contribution in [0.15, 0.2) is 67.0 Å². The van der Waals surface area contributed by atoms with Gasteiger partial charge < -0.3 is 5.43 Å². The average molecular weight is 433 g/mol. The van der Waals surface area contributed by atoms with E-state index in [1.54, 1.807) is 24.5 Å². The summed E-state index contributed by atoms with van der Waals surface area (Å²) in [6.07, 6.45) is 4.47. The lowest BCUT2D eigenvalue weighted by Gasteiger charge is -2.17. The van der Waals surface area contributed by atoms with Crippen molar-refractivity contribution in [1.82, 2.24) is 20.5 Å². The number of hydrazine groups is 2. The van der Waals surface area contributed by atoms with Crippen LogP contribution in [0.2, 0.25) is 0 Å². The molecule has 0 saturated heterocycles. The van der Waals surface area contributed by atoms with E-state index in [4.69, 9.17) is 4.98 Å². The Kier molecular flexibility index (Phi) is 4.64. The second kappa shape index (κ2) is 7.49. The van der Waals surface area contributed by atoms with Crippen LogP contribution in [0, 0.1) is 0 Å². The van der Waals surface area contributed by atoms with Crippen molar-refractivity contribution in [2.75, 3.05) is 21.4 Å². The SMILES string of the molecule is CS(=O)(=O)Nc1ccc(-c2ccc3c(n2)N(Cc2ccc4ncccc4c2)NN3)cn1. The van der Waals surface area contributed by atoms with E-state index in [2.05, 4.69) is 37.8 Å². The third-order valence-electron chi connectivity index (χ3n) is 4.81. The summed E-state index contributed by atoms with van der Waals surface area (Å²) in [6, 6.07) is 17.4. The molecule has 3 N–H and O–H groups in total. The van der Waals surface area contributed by atoms with E-state index in [0.717, 1.165) is 45.5 Å². The van der Waals surface area contributed by atoms with Crippen molar-refractivity contribution in [3.63, 3.8) is 0 Å². The number of hydrogen-bond acceptors (Lipinski definition) is 8. The first-order valence-electron chi connectivity index (χ1n) is 9.53. The number of benzene rings is 1. The van der Waals surface area contributed by atoms with Crippen LogP contribution in [0.25, 0.3) is 22.2 Å². The second-order valence-corrected chi connectivity index (χ2v) is 8.98. The van der Waals surface area contributed by atoms with Crippen LogP contribution < -0.4 is 20.7 Å². The van der Waals surface area contributed by atoms with Crippen LogP contribution in [0.4, 0.5) is 17.3 Å². The standard InChI is InChI=1S/C21H19N7O2S/c1-31(29,30)26-20-9-5-16(12-23-20)18-7-8-19-21(24-18)28(27-25-19)13-14-4-6-17-15(11-14)3-2-10-22-17/h2-12,25,27H,13H2,1H3,(H,23,26). The number of fused-ring (bicyclic) bond motifs is 2. The molecule has 0 saturated carbocycles. The molecular formula is C21H19N7O2S. The van der Waals surface area contributed by atoms with Gasteiger partial charge in [0.15, 0.2) is 5.82 Å². The summed E-state index contributed by atoms with van der Waals surface area (Å²) in [5.74, 6) is 1.03. The molecule has 0 atom stereocenters. The Morgan fingerprint density at radius 3 is 2.77 bits per heavy atom. The van der Waals surface area contributed by atoms with Gasteiger partial charge in [-0.05, 0) is 48.0 Å². The Morgan fingerprint density at radius 2 is 1.97 bits per heavy atom. The second-order valence-electron chi connectivity index (χ2n) is 7.23. The maximum absolute atomic E-state index is 11.4. The molecule has 0 fully saturated rings. The van der Waals surface area contributed by atoms with Gasteiger partial charge in [-0.25, -0.2) is 18.4 Å². The van der Waals surface area contributed by atoms with Crippen LogP contribution >= 0.6 is 0 Å². The van der Waals surface area contributed by atoms with Gasteiger partial charge in [0.05, 0.1) is 29.7 Å². The first kappa shape index (κ1) is 19.2. The van der Waals surface area contributed by atoms with Crippen molar-refractivity contribution >= 4 is 38.2 Å². The molecule has 1 aromatic carbocycles. The monoisotopic (exact) mass is 433 g/mol. The van der Waals surface area contributed by atoms with E-state index in [1.165, 1.54) is 0 Å². The lowest BCUT2D eigenvalue weighted by atomic mass is 10.1. The molecular weight excluding hydrogens is 414 g/mol. The summed E-state index contributed by atoms with van der Waals surface area (Å²) in [7, 11) is -3.37. The Morgan fingerprint density at radius 1 is 1.06 bits per heavy atom. The fourth-order valence-electron chi connectivity index (χ4n) is 3.41. The first-order chi connectivity index (χ1) is 14.9. The van der Waals surface area contributed by atoms with Gasteiger partial charge in [0.2, 0.25) is 10.0 Å². The Balaban J connectivity index is 1.40. The topological polar surface area (TPSA) is 112 Å². The van der Waals surface area contributed by atoms with E-state index in [9.17, 15) is 8.42 Å². The first-order valence-corrected chi connectivity index (χ1v) is 11.4. The highest BCUT2D eigenvalue weighted by Gasteiger charge is 2.21. The third-order valence-corrected chi connectivity index (χ3v) is 5.39. The van der Waals surface area contributed by atoms with Crippen molar-refractivity contribution in [3.05, 3.63) is 72.6 Å². The van der Waals surface area contributed by atoms with Crippen LogP contribution in [-0.4, -0.2) is 29.6 Å². The molecule has 1 aliphatic heterocycles. The maximum Gasteiger partial charge on any atom is 0.230 e. The summed E-state index contributed by atoms with van der Waals surface area (Å²) in [6.45, 7) is 0.608. The molecule has 0 amide bonds. The molecule has 0 bridgehead atoms. The minimum atomic E-state index is -3.37. The molecule has 3 aromatic heterocycles. The highest BCUT2D eigenvalue weighted by atomic mass is 32.2. The molecule has 156 valence electrons. The minimum absolute atomic E-state index is 0.267. The van der Waals surface area contributed by atoms with Crippen LogP contribution in [-0.2, 0) is 16.6 Å². The van der Waals surface area contributed by atoms with Crippen LogP contribution in [0.1, 0.15) is 5.56 Å². The number of aromatic nitrogens is 3. The zero-order valence-electron chi connectivity index (χ0n) is 16.6. The number of nitrogens with zero attached hydrogens (tertiary/aromatic N) is 4. The fraction of sp³-hybridized carbons (Fsp3) is 0.0952. The lowest BCUT2D eigenvalue weighted by molar-refractivity contribution is 0.606. The summed E-state index contributed by atoms with van der Waals surface area (Å²) >= 11 is 0. The number of sulfonamides is 1. The zero-order chi connectivity index (χ0) is 21.4. The normalized spacial score (nSPS) is 13.1. The molecule has 10 heteroatoms. The number of anilines is 3. The molecule has 31 heavy (non-hydrogen) atoms. The molecule has 4 heterocycles. The summed E-state index contributed by atoms with van der Waals surface area (Å²) in [5.41, 5.74) is 10.7. The largest absolute Gasteiger partial charge is 0.300 e. The van der Waals surface area contributed by atoms with Crippen molar-refractivity contribution in [2.45, 2.75) is 6.54 Å². The molecule has 0 aliphatic carbocycles. The molecule has 0 unspecified atom stereocenters. The quantitative estimate of drug-likeness (QED) is 0.440. The zero-order valence-corrected chi connectivity index (χ0v) is 17.4. The van der Waals surface area contributed by atoms with Gasteiger partial charge in [-0.15, -0.1) is 5.53 Å². The number of pyridine rings is 3. The van der Waals surface area contributed by atoms with Crippen molar-refractivity contribution in [2.24, 2.45) is 0 Å². The number of hydrogen-bond donors (Lipinski definition) is 3. The number of rotatable bonds is 5. The smallest absolute Gasteiger partial charge is 0.230 e. The maximum atomic E-state index is 11.4. The van der Waals surface area contributed by atoms with Gasteiger partial charge in [-0.2, -0.15) is 0 Å². The van der Waals surface area contributed by atoms with Crippen LogP contribution in [0.5, 0.6) is 0 Å². The molecule has 5 rings (SSSR count). The average Bonchev–Trinajstić information content (AvgIpc) is 3.15. The van der Waals surface area contributed by atoms with Crippen molar-refractivity contribution in [1.29, 1.82) is 0 Å². The van der Waals surface area contributed by atoms with Gasteiger partial charge in [0.1, 0.15) is 5.82 Å². The third kappa shape index (κ3) is 4.11. The fourth-order valence-corrected chi connectivity index (χ4v) is 3.91. The molecule has 0 spiro atoms. The van der Waals surface area contributed by atoms with E-state index in [-0.39, 0.29) is 5.82 Å². The van der Waals surface area contributed by atoms with Crippen molar-refractivity contribution in [3.8, 4) is 11.3 Å². The summed E-state index contributed by atoms with van der Waals surface area (Å²) in [4.78, 5) is 13.3. The van der Waals surface area contributed by atoms with E-state index >= 15 is 0 Å². The van der Waals surface area contributed by atoms with Gasteiger partial charge >= 0.3 is 0 Å². The Labute approximate surface area is 179 Å². The molecule has 4 aromatic rings. The Bertz CT molecular complexity index is 1370. The highest BCUT2D eigenvalue weighted by Crippen LogP contribution is 2.31. The van der Waals surface area contributed by atoms with E-state index in [0.29, 0.717) is 6.54 Å². The van der Waals surface area contributed by atoms with E-state index < -0.39 is 10.0 Å². The molecule has 1 aliphatic rings. The highest BCUT2D eigenvalue weighted by molar-refractivity contribution is 7.92. The summed E-state index contributed by atoms with van der Waals surface area (Å²) < 4.78 is 25.1. The van der Waals surface area contributed by atoms with Crippen LogP contribution in [0.3, 0.4) is 0 Å². The van der Waals surface area contributed by atoms with Gasteiger partial charge in [0.25, 0.3) is 0 Å². The molecule has 0 radical (unpaired) electrons. The van der Waals surface area contributed by atoms with Gasteiger partial charge in [-0.3, -0.25) is 14.7 Å². The number of nitrogens with one attached hydrogen (secondary N) is 3. The minimum Gasteiger partial charge on any atom is -0.300 e. The Hall–Kier alpha value is -3.76. The summed E-state index contributed by atoms with van der Waals surface area (Å²) in [5, 5.41) is 3.02. The van der Waals surface area contributed by atoms with E-state index in [1.807, 2.05) is 35.3 Å². The van der Waals surface area contributed by atoms with Gasteiger partial charge in [0, 0.05) is 23.3 Å².